The summed E-state index contributed by atoms with van der Waals surface area (Å²) in [6, 6.07) is 10.2. The fourth-order valence-electron chi connectivity index (χ4n) is 3.14. The van der Waals surface area contributed by atoms with Gasteiger partial charge in [-0.05, 0) is 24.0 Å². The van der Waals surface area contributed by atoms with Gasteiger partial charge in [0.05, 0.1) is 5.69 Å². The SMILES string of the molecule is CC[C@@H](CNS(=O)(=O)Cc1ccon1)N1CCc2ccccc2C1. The van der Waals surface area contributed by atoms with E-state index in [2.05, 4.69) is 50.5 Å². The maximum absolute atomic E-state index is 12.2. The maximum atomic E-state index is 12.2. The lowest BCUT2D eigenvalue weighted by Crippen LogP contribution is -2.45. The van der Waals surface area contributed by atoms with E-state index in [0.717, 1.165) is 25.9 Å². The molecule has 6 nitrogen and oxygen atoms in total. The zero-order valence-corrected chi connectivity index (χ0v) is 14.6. The molecule has 1 aliphatic heterocycles. The first-order valence-corrected chi connectivity index (χ1v) is 9.90. The Morgan fingerprint density at radius 3 is 2.79 bits per heavy atom. The van der Waals surface area contributed by atoms with Crippen LogP contribution in [0, 0.1) is 0 Å². The number of nitrogens with one attached hydrogen (secondary N) is 1. The molecule has 1 aromatic heterocycles. The molecule has 24 heavy (non-hydrogen) atoms. The molecule has 2 aromatic rings. The minimum absolute atomic E-state index is 0.150. The second-order valence-corrected chi connectivity index (χ2v) is 7.96. The first-order valence-electron chi connectivity index (χ1n) is 8.25. The highest BCUT2D eigenvalue weighted by Crippen LogP contribution is 2.21. The predicted octanol–water partition coefficient (Wildman–Crippen LogP) is 1.93. The topological polar surface area (TPSA) is 75.4 Å². The first-order chi connectivity index (χ1) is 11.6. The van der Waals surface area contributed by atoms with Crippen molar-refractivity contribution < 1.29 is 12.9 Å². The van der Waals surface area contributed by atoms with Crippen molar-refractivity contribution in [2.45, 2.75) is 38.1 Å². The molecular formula is C17H23N3O3S. The Bertz CT molecular complexity index is 759. The quantitative estimate of drug-likeness (QED) is 0.827. The summed E-state index contributed by atoms with van der Waals surface area (Å²) < 4.78 is 31.8. The van der Waals surface area contributed by atoms with Gasteiger partial charge in [0.1, 0.15) is 12.0 Å². The van der Waals surface area contributed by atoms with E-state index in [1.54, 1.807) is 6.07 Å². The molecule has 0 radical (unpaired) electrons. The molecule has 1 aliphatic rings. The Balaban J connectivity index is 1.59. The summed E-state index contributed by atoms with van der Waals surface area (Å²) in [5.41, 5.74) is 3.16. The molecule has 0 bridgehead atoms. The molecule has 3 rings (SSSR count). The van der Waals surface area contributed by atoms with Crippen LogP contribution in [-0.2, 0) is 28.7 Å². The molecule has 0 saturated heterocycles. The third-order valence-corrected chi connectivity index (χ3v) is 5.80. The van der Waals surface area contributed by atoms with E-state index in [0.29, 0.717) is 12.2 Å². The summed E-state index contributed by atoms with van der Waals surface area (Å²) in [5, 5.41) is 3.66. The summed E-state index contributed by atoms with van der Waals surface area (Å²) in [5.74, 6) is -0.150. The molecule has 0 unspecified atom stereocenters. The molecule has 0 amide bonds. The Labute approximate surface area is 142 Å². The van der Waals surface area contributed by atoms with Crippen molar-refractivity contribution in [2.24, 2.45) is 0 Å². The van der Waals surface area contributed by atoms with Crippen LogP contribution in [0.1, 0.15) is 30.2 Å². The van der Waals surface area contributed by atoms with Gasteiger partial charge in [0.15, 0.2) is 0 Å². The number of fused-ring (bicyclic) bond motifs is 1. The van der Waals surface area contributed by atoms with Gasteiger partial charge in [-0.15, -0.1) is 0 Å². The van der Waals surface area contributed by atoms with Gasteiger partial charge in [-0.1, -0.05) is 36.3 Å². The molecule has 130 valence electrons. The molecule has 0 saturated carbocycles. The lowest BCUT2D eigenvalue weighted by molar-refractivity contribution is 0.175. The van der Waals surface area contributed by atoms with Gasteiger partial charge in [0, 0.05) is 31.7 Å². The van der Waals surface area contributed by atoms with Crippen molar-refractivity contribution in [3.63, 3.8) is 0 Å². The fraction of sp³-hybridized carbons (Fsp3) is 0.471. The van der Waals surface area contributed by atoms with Crippen molar-refractivity contribution in [1.29, 1.82) is 0 Å². The molecule has 0 fully saturated rings. The van der Waals surface area contributed by atoms with E-state index in [1.807, 2.05) is 0 Å². The number of nitrogens with zero attached hydrogens (tertiary/aromatic N) is 2. The van der Waals surface area contributed by atoms with E-state index in [9.17, 15) is 8.42 Å². The molecule has 0 spiro atoms. The minimum atomic E-state index is -3.41. The zero-order chi connectivity index (χ0) is 17.0. The van der Waals surface area contributed by atoms with Gasteiger partial charge in [-0.3, -0.25) is 4.90 Å². The third-order valence-electron chi connectivity index (χ3n) is 4.52. The normalized spacial score (nSPS) is 16.7. The van der Waals surface area contributed by atoms with E-state index in [-0.39, 0.29) is 11.8 Å². The number of benzene rings is 1. The highest BCUT2D eigenvalue weighted by atomic mass is 32.2. The molecule has 1 aromatic carbocycles. The minimum Gasteiger partial charge on any atom is -0.364 e. The highest BCUT2D eigenvalue weighted by Gasteiger charge is 2.24. The van der Waals surface area contributed by atoms with Gasteiger partial charge in [0.2, 0.25) is 10.0 Å². The number of sulfonamides is 1. The number of rotatable bonds is 7. The van der Waals surface area contributed by atoms with Crippen molar-refractivity contribution in [3.8, 4) is 0 Å². The van der Waals surface area contributed by atoms with Crippen LogP contribution in [0.5, 0.6) is 0 Å². The smallest absolute Gasteiger partial charge is 0.217 e. The van der Waals surface area contributed by atoms with E-state index in [1.165, 1.54) is 17.4 Å². The van der Waals surface area contributed by atoms with Crippen LogP contribution in [0.4, 0.5) is 0 Å². The second kappa shape index (κ2) is 7.46. The van der Waals surface area contributed by atoms with Crippen LogP contribution < -0.4 is 4.72 Å². The molecule has 7 heteroatoms. The number of aromatic nitrogens is 1. The summed E-state index contributed by atoms with van der Waals surface area (Å²) in [4.78, 5) is 2.36. The van der Waals surface area contributed by atoms with Crippen LogP contribution in [-0.4, -0.2) is 37.6 Å². The van der Waals surface area contributed by atoms with E-state index in [4.69, 9.17) is 0 Å². The Kier molecular flexibility index (Phi) is 5.33. The molecule has 1 N–H and O–H groups in total. The van der Waals surface area contributed by atoms with Crippen molar-refractivity contribution in [3.05, 3.63) is 53.4 Å². The summed E-state index contributed by atoms with van der Waals surface area (Å²) in [6.07, 6.45) is 3.29. The van der Waals surface area contributed by atoms with Gasteiger partial charge in [0.25, 0.3) is 0 Å². The molecule has 1 atom stereocenters. The van der Waals surface area contributed by atoms with Crippen LogP contribution in [0.15, 0.2) is 41.1 Å². The number of hydrogen-bond acceptors (Lipinski definition) is 5. The van der Waals surface area contributed by atoms with Gasteiger partial charge in [-0.25, -0.2) is 13.1 Å². The van der Waals surface area contributed by atoms with Crippen molar-refractivity contribution in [1.82, 2.24) is 14.8 Å². The lowest BCUT2D eigenvalue weighted by Gasteiger charge is -2.35. The standard InChI is InChI=1S/C17H23N3O3S/c1-2-17(11-18-24(21,22)13-16-8-10-23-19-16)20-9-7-14-5-3-4-6-15(14)12-20/h3-6,8,10,17-18H,2,7,9,11-13H2,1H3/t17-/m0/s1. The van der Waals surface area contributed by atoms with Gasteiger partial charge >= 0.3 is 0 Å². The van der Waals surface area contributed by atoms with E-state index >= 15 is 0 Å². The zero-order valence-electron chi connectivity index (χ0n) is 13.8. The fourth-order valence-corrected chi connectivity index (χ4v) is 4.23. The van der Waals surface area contributed by atoms with E-state index < -0.39 is 10.0 Å². The van der Waals surface area contributed by atoms with Crippen molar-refractivity contribution >= 4 is 10.0 Å². The van der Waals surface area contributed by atoms with Gasteiger partial charge in [-0.2, -0.15) is 0 Å². The van der Waals surface area contributed by atoms with Crippen LogP contribution in [0.2, 0.25) is 0 Å². The van der Waals surface area contributed by atoms with Crippen LogP contribution >= 0.6 is 0 Å². The molecule has 0 aliphatic carbocycles. The average Bonchev–Trinajstić information content (AvgIpc) is 3.07. The Hall–Kier alpha value is -1.70. The van der Waals surface area contributed by atoms with Gasteiger partial charge < -0.3 is 4.52 Å². The molecular weight excluding hydrogens is 326 g/mol. The predicted molar refractivity (Wildman–Crippen MR) is 91.8 cm³/mol. The molecule has 2 heterocycles. The second-order valence-electron chi connectivity index (χ2n) is 6.15. The van der Waals surface area contributed by atoms with Crippen molar-refractivity contribution in [2.75, 3.05) is 13.1 Å². The van der Waals surface area contributed by atoms with Crippen LogP contribution in [0.25, 0.3) is 0 Å². The monoisotopic (exact) mass is 349 g/mol. The average molecular weight is 349 g/mol. The summed E-state index contributed by atoms with van der Waals surface area (Å²) >= 11 is 0. The van der Waals surface area contributed by atoms with Crippen LogP contribution in [0.3, 0.4) is 0 Å². The third kappa shape index (κ3) is 4.23. The lowest BCUT2D eigenvalue weighted by atomic mass is 9.98. The first kappa shape index (κ1) is 17.1. The highest BCUT2D eigenvalue weighted by molar-refractivity contribution is 7.88. The Morgan fingerprint density at radius 1 is 1.29 bits per heavy atom. The summed E-state index contributed by atoms with van der Waals surface area (Å²) in [7, 11) is -3.41. The maximum Gasteiger partial charge on any atom is 0.217 e. The Morgan fingerprint density at radius 2 is 2.08 bits per heavy atom. The number of hydrogen-bond donors (Lipinski definition) is 1. The largest absolute Gasteiger partial charge is 0.364 e. The summed E-state index contributed by atoms with van der Waals surface area (Å²) in [6.45, 7) is 4.34.